The molecule has 0 fully saturated rings. The molecule has 1 aliphatic rings. The van der Waals surface area contributed by atoms with Gasteiger partial charge in [-0.15, -0.1) is 0 Å². The van der Waals surface area contributed by atoms with Crippen LogP contribution in [0.25, 0.3) is 0 Å². The molecule has 14 heavy (non-hydrogen) atoms. The monoisotopic (exact) mass is 214 g/mol. The minimum Gasteiger partial charge on any atom is -0.481 e. The van der Waals surface area contributed by atoms with E-state index in [4.69, 9.17) is 5.11 Å². The lowest BCUT2D eigenvalue weighted by molar-refractivity contribution is -0.150. The molecule has 1 N–H and O–H groups in total. The summed E-state index contributed by atoms with van der Waals surface area (Å²) in [6, 6.07) is 0. The molecule has 0 aromatic rings. The van der Waals surface area contributed by atoms with Gasteiger partial charge in [-0.05, 0) is 0 Å². The first kappa shape index (κ1) is 10.7. The van der Waals surface area contributed by atoms with Crippen LogP contribution in [0.2, 0.25) is 0 Å². The van der Waals surface area contributed by atoms with Gasteiger partial charge in [-0.2, -0.15) is 0 Å². The third kappa shape index (κ3) is 1.49. The smallest absolute Gasteiger partial charge is 0.320 e. The van der Waals surface area contributed by atoms with Gasteiger partial charge in [0.15, 0.2) is 23.4 Å². The maximum Gasteiger partial charge on any atom is 0.320 e. The molecular formula is C7H3F5O2. The molecule has 1 rings (SSSR count). The Labute approximate surface area is 74.3 Å². The molecule has 78 valence electrons. The maximum absolute atomic E-state index is 12.7. The van der Waals surface area contributed by atoms with Crippen molar-refractivity contribution in [3.63, 3.8) is 0 Å². The molecule has 0 aromatic carbocycles. The summed E-state index contributed by atoms with van der Waals surface area (Å²) < 4.78 is 62.6. The van der Waals surface area contributed by atoms with Crippen molar-refractivity contribution >= 4 is 5.97 Å². The lowest BCUT2D eigenvalue weighted by atomic mass is 9.94. The van der Waals surface area contributed by atoms with Gasteiger partial charge in [0, 0.05) is 6.08 Å². The number of hydrogen-bond donors (Lipinski definition) is 1. The van der Waals surface area contributed by atoms with Crippen molar-refractivity contribution in [3.8, 4) is 0 Å². The molecule has 0 spiro atoms. The van der Waals surface area contributed by atoms with Gasteiger partial charge in [0.1, 0.15) is 0 Å². The van der Waals surface area contributed by atoms with Crippen LogP contribution in [0.5, 0.6) is 0 Å². The van der Waals surface area contributed by atoms with Gasteiger partial charge in [0.25, 0.3) is 5.92 Å². The van der Waals surface area contributed by atoms with Crippen LogP contribution in [0.1, 0.15) is 0 Å². The van der Waals surface area contributed by atoms with Crippen LogP contribution in [0.4, 0.5) is 22.0 Å². The molecule has 0 heterocycles. The average Bonchev–Trinajstić information content (AvgIpc) is 1.98. The second-order valence-electron chi connectivity index (χ2n) is 2.60. The number of carboxylic acids is 1. The predicted octanol–water partition coefficient (Wildman–Crippen LogP) is 2.34. The molecule has 7 heteroatoms. The van der Waals surface area contributed by atoms with Gasteiger partial charge in [-0.25, -0.2) is 22.0 Å². The van der Waals surface area contributed by atoms with Gasteiger partial charge in [-0.3, -0.25) is 4.79 Å². The van der Waals surface area contributed by atoms with Crippen LogP contribution in [-0.4, -0.2) is 17.0 Å². The largest absolute Gasteiger partial charge is 0.481 e. The lowest BCUT2D eigenvalue weighted by Crippen LogP contribution is -2.36. The summed E-state index contributed by atoms with van der Waals surface area (Å²) in [5.74, 6) is -16.1. The Kier molecular flexibility index (Phi) is 2.34. The standard InChI is InChI=1S/C7H3F5O2/c8-2-1-7(11,12)3(6(13)14)5(10)4(2)9/h1,3H,(H,13,14). The van der Waals surface area contributed by atoms with Crippen LogP contribution < -0.4 is 0 Å². The molecule has 0 amide bonds. The van der Waals surface area contributed by atoms with Gasteiger partial charge < -0.3 is 5.11 Å². The molecular weight excluding hydrogens is 211 g/mol. The first-order valence-electron chi connectivity index (χ1n) is 3.32. The summed E-state index contributed by atoms with van der Waals surface area (Å²) in [7, 11) is 0. The third-order valence-corrected chi connectivity index (χ3v) is 1.62. The van der Waals surface area contributed by atoms with E-state index in [9.17, 15) is 26.7 Å². The Morgan fingerprint density at radius 3 is 2.29 bits per heavy atom. The number of halogens is 5. The Hall–Kier alpha value is -1.40. The molecule has 1 atom stereocenters. The zero-order valence-electron chi connectivity index (χ0n) is 6.40. The van der Waals surface area contributed by atoms with Crippen molar-refractivity contribution in [3.05, 3.63) is 23.6 Å². The molecule has 0 bridgehead atoms. The Morgan fingerprint density at radius 2 is 1.86 bits per heavy atom. The van der Waals surface area contributed by atoms with Gasteiger partial charge in [0.2, 0.25) is 0 Å². The SMILES string of the molecule is O=C(O)C1C(F)=C(F)C(F)=CC1(F)F. The van der Waals surface area contributed by atoms with E-state index in [-0.39, 0.29) is 0 Å². The van der Waals surface area contributed by atoms with E-state index >= 15 is 0 Å². The van der Waals surface area contributed by atoms with E-state index < -0.39 is 41.4 Å². The molecule has 0 aliphatic heterocycles. The summed E-state index contributed by atoms with van der Waals surface area (Å²) in [6.45, 7) is 0. The average molecular weight is 214 g/mol. The third-order valence-electron chi connectivity index (χ3n) is 1.62. The van der Waals surface area contributed by atoms with Crippen LogP contribution in [-0.2, 0) is 4.79 Å². The molecule has 1 unspecified atom stereocenters. The number of carboxylic acid groups (broad SMARTS) is 1. The van der Waals surface area contributed by atoms with Crippen molar-refractivity contribution in [2.45, 2.75) is 5.92 Å². The van der Waals surface area contributed by atoms with Crippen LogP contribution in [0.15, 0.2) is 23.6 Å². The molecule has 1 aliphatic carbocycles. The van der Waals surface area contributed by atoms with Crippen LogP contribution >= 0.6 is 0 Å². The first-order chi connectivity index (χ1) is 6.27. The van der Waals surface area contributed by atoms with Crippen molar-refractivity contribution in [1.82, 2.24) is 0 Å². The summed E-state index contributed by atoms with van der Waals surface area (Å²) >= 11 is 0. The van der Waals surface area contributed by atoms with Gasteiger partial charge in [-0.1, -0.05) is 0 Å². The van der Waals surface area contributed by atoms with Crippen LogP contribution in [0.3, 0.4) is 0 Å². The highest BCUT2D eigenvalue weighted by Crippen LogP contribution is 2.42. The molecule has 0 radical (unpaired) electrons. The second-order valence-corrected chi connectivity index (χ2v) is 2.60. The molecule has 2 nitrogen and oxygen atoms in total. The zero-order valence-corrected chi connectivity index (χ0v) is 6.40. The Bertz CT molecular complexity index is 344. The number of carbonyl (C=O) groups is 1. The van der Waals surface area contributed by atoms with E-state index in [1.165, 1.54) is 0 Å². The van der Waals surface area contributed by atoms with Crippen molar-refractivity contribution in [2.75, 3.05) is 0 Å². The minimum atomic E-state index is -4.27. The topological polar surface area (TPSA) is 37.3 Å². The van der Waals surface area contributed by atoms with E-state index in [2.05, 4.69) is 0 Å². The summed E-state index contributed by atoms with van der Waals surface area (Å²) in [6.07, 6.45) is -0.551. The second kappa shape index (κ2) is 3.07. The fourth-order valence-electron chi connectivity index (χ4n) is 0.998. The highest BCUT2D eigenvalue weighted by atomic mass is 19.3. The maximum atomic E-state index is 12.7. The van der Waals surface area contributed by atoms with Gasteiger partial charge in [0.05, 0.1) is 0 Å². The highest BCUT2D eigenvalue weighted by Gasteiger charge is 2.51. The van der Waals surface area contributed by atoms with Crippen molar-refractivity contribution in [2.24, 2.45) is 5.92 Å². The predicted molar refractivity (Wildman–Crippen MR) is 34.5 cm³/mol. The normalized spacial score (nSPS) is 26.1. The first-order valence-corrected chi connectivity index (χ1v) is 3.32. The molecule has 0 saturated heterocycles. The Balaban J connectivity index is 3.27. The zero-order chi connectivity index (χ0) is 11.1. The van der Waals surface area contributed by atoms with Crippen molar-refractivity contribution < 1.29 is 31.9 Å². The number of allylic oxidation sites excluding steroid dienone is 3. The van der Waals surface area contributed by atoms with Gasteiger partial charge >= 0.3 is 5.97 Å². The molecule has 0 saturated carbocycles. The van der Waals surface area contributed by atoms with E-state index in [1.54, 1.807) is 0 Å². The minimum absolute atomic E-state index is 0.551. The lowest BCUT2D eigenvalue weighted by Gasteiger charge is -2.22. The number of aliphatic carboxylic acids is 1. The highest BCUT2D eigenvalue weighted by molar-refractivity contribution is 5.76. The summed E-state index contributed by atoms with van der Waals surface area (Å²) in [5, 5.41) is 8.18. The van der Waals surface area contributed by atoms with E-state index in [0.29, 0.717) is 0 Å². The quantitative estimate of drug-likeness (QED) is 0.680. The Morgan fingerprint density at radius 1 is 1.36 bits per heavy atom. The molecule has 0 aromatic heterocycles. The number of hydrogen-bond acceptors (Lipinski definition) is 1. The fraction of sp³-hybridized carbons (Fsp3) is 0.286. The van der Waals surface area contributed by atoms with Crippen molar-refractivity contribution in [1.29, 1.82) is 0 Å². The van der Waals surface area contributed by atoms with E-state index in [0.717, 1.165) is 0 Å². The number of rotatable bonds is 1. The fourth-order valence-corrected chi connectivity index (χ4v) is 0.998. The van der Waals surface area contributed by atoms with E-state index in [1.807, 2.05) is 0 Å². The van der Waals surface area contributed by atoms with Crippen LogP contribution in [0, 0.1) is 5.92 Å². The number of alkyl halides is 2. The summed E-state index contributed by atoms with van der Waals surface area (Å²) in [4.78, 5) is 10.2. The summed E-state index contributed by atoms with van der Waals surface area (Å²) in [5.41, 5.74) is 0.